The maximum Gasteiger partial charge on any atom is 0.0352 e. The van der Waals surface area contributed by atoms with E-state index < -0.39 is 0 Å². The molecule has 0 nitrogen and oxygen atoms in total. The number of allylic oxidation sites excluding steroid dienone is 1. The summed E-state index contributed by atoms with van der Waals surface area (Å²) in [7, 11) is 0. The van der Waals surface area contributed by atoms with Crippen LogP contribution in [0, 0.1) is 0 Å². The van der Waals surface area contributed by atoms with Crippen LogP contribution in [0.4, 0.5) is 0 Å². The van der Waals surface area contributed by atoms with Crippen molar-refractivity contribution in [3.63, 3.8) is 0 Å². The van der Waals surface area contributed by atoms with Crippen LogP contribution in [-0.4, -0.2) is 0 Å². The Morgan fingerprint density at radius 1 is 0.609 bits per heavy atom. The van der Waals surface area contributed by atoms with Crippen molar-refractivity contribution in [2.24, 2.45) is 0 Å². The molecular formula is C23H16. The van der Waals surface area contributed by atoms with E-state index in [4.69, 9.17) is 0 Å². The Morgan fingerprint density at radius 3 is 2.00 bits per heavy atom. The van der Waals surface area contributed by atoms with Crippen molar-refractivity contribution >= 4 is 23.8 Å². The minimum Gasteiger partial charge on any atom is -0.0619 e. The number of hydrogen-bond donors (Lipinski definition) is 0. The summed E-state index contributed by atoms with van der Waals surface area (Å²) >= 11 is 0. The second kappa shape index (κ2) is 4.82. The smallest absolute Gasteiger partial charge is 0.0352 e. The topological polar surface area (TPSA) is 0 Å². The Hall–Kier alpha value is -2.86. The third kappa shape index (κ3) is 1.99. The van der Waals surface area contributed by atoms with Crippen LogP contribution in [-0.2, 0) is 0 Å². The summed E-state index contributed by atoms with van der Waals surface area (Å²) in [6.45, 7) is 0. The molecule has 0 amide bonds. The van der Waals surface area contributed by atoms with Crippen LogP contribution in [0.15, 0.2) is 72.8 Å². The molecule has 0 aromatic heterocycles. The summed E-state index contributed by atoms with van der Waals surface area (Å²) in [5.74, 6) is 0.328. The molecule has 0 fully saturated rings. The first-order valence-electron chi connectivity index (χ1n) is 8.07. The van der Waals surface area contributed by atoms with Crippen molar-refractivity contribution in [1.82, 2.24) is 0 Å². The highest BCUT2D eigenvalue weighted by Gasteiger charge is 2.27. The molecule has 23 heavy (non-hydrogen) atoms. The van der Waals surface area contributed by atoms with E-state index in [0.29, 0.717) is 5.92 Å². The third-order valence-corrected chi connectivity index (χ3v) is 4.91. The van der Waals surface area contributed by atoms with Crippen molar-refractivity contribution in [2.75, 3.05) is 0 Å². The molecule has 0 saturated heterocycles. The van der Waals surface area contributed by atoms with Gasteiger partial charge < -0.3 is 0 Å². The molecule has 3 aromatic rings. The Kier molecular flexibility index (Phi) is 2.65. The molecule has 0 spiro atoms. The molecule has 0 heterocycles. The van der Waals surface area contributed by atoms with Crippen molar-refractivity contribution in [3.8, 4) is 0 Å². The van der Waals surface area contributed by atoms with Crippen LogP contribution in [0.5, 0.6) is 0 Å². The molecule has 108 valence electrons. The molecular weight excluding hydrogens is 276 g/mol. The molecule has 5 aliphatic rings. The second-order valence-electron chi connectivity index (χ2n) is 6.28. The van der Waals surface area contributed by atoms with Crippen LogP contribution >= 0.6 is 0 Å². The zero-order chi connectivity index (χ0) is 15.2. The highest BCUT2D eigenvalue weighted by atomic mass is 14.3. The third-order valence-electron chi connectivity index (χ3n) is 4.91. The van der Waals surface area contributed by atoms with E-state index in [1.165, 1.54) is 39.0 Å². The summed E-state index contributed by atoms with van der Waals surface area (Å²) in [6, 6.07) is 26.7. The van der Waals surface area contributed by atoms with Gasteiger partial charge >= 0.3 is 0 Å². The summed E-state index contributed by atoms with van der Waals surface area (Å²) in [5, 5.41) is 0. The summed E-state index contributed by atoms with van der Waals surface area (Å²) < 4.78 is 0. The highest BCUT2D eigenvalue weighted by molar-refractivity contribution is 5.94. The normalized spacial score (nSPS) is 18.6. The van der Waals surface area contributed by atoms with E-state index >= 15 is 0 Å². The quantitative estimate of drug-likeness (QED) is 0.487. The Bertz CT molecular complexity index is 938. The lowest BCUT2D eigenvalue weighted by molar-refractivity contribution is 1.07. The number of fused-ring (bicyclic) bond motifs is 1. The second-order valence-corrected chi connectivity index (χ2v) is 6.28. The van der Waals surface area contributed by atoms with Gasteiger partial charge in [0.1, 0.15) is 0 Å². The van der Waals surface area contributed by atoms with Gasteiger partial charge in [-0.3, -0.25) is 0 Å². The van der Waals surface area contributed by atoms with Gasteiger partial charge in [0.2, 0.25) is 0 Å². The molecule has 8 rings (SSSR count). The van der Waals surface area contributed by atoms with E-state index in [0.717, 1.165) is 0 Å². The fourth-order valence-electron chi connectivity index (χ4n) is 3.71. The van der Waals surface area contributed by atoms with E-state index in [-0.39, 0.29) is 0 Å². The number of benzene rings is 3. The lowest BCUT2D eigenvalue weighted by atomic mass is 9.84. The van der Waals surface area contributed by atoms with Gasteiger partial charge in [-0.05, 0) is 45.0 Å². The van der Waals surface area contributed by atoms with Crippen LogP contribution in [0.1, 0.15) is 39.3 Å². The molecule has 0 N–H and O–H groups in total. The zero-order valence-electron chi connectivity index (χ0n) is 12.7. The highest BCUT2D eigenvalue weighted by Crippen LogP contribution is 2.46. The molecule has 1 unspecified atom stereocenters. The van der Waals surface area contributed by atoms with E-state index in [2.05, 4.69) is 91.0 Å². The minimum atomic E-state index is 0.328. The standard InChI is InChI=1S/C23H16/c1-2-4-21-20(3-1)15-22-18-11-7-16(8-12-18)5-6-17-9-13-19(14-10-17)23(21)22/h1-15,23H/b6-5-. The summed E-state index contributed by atoms with van der Waals surface area (Å²) in [5.41, 5.74) is 9.31. The van der Waals surface area contributed by atoms with Gasteiger partial charge in [0.05, 0.1) is 0 Å². The Balaban J connectivity index is 1.82. The van der Waals surface area contributed by atoms with Crippen molar-refractivity contribution < 1.29 is 0 Å². The first-order chi connectivity index (χ1) is 11.4. The first kappa shape index (κ1) is 12.7. The van der Waals surface area contributed by atoms with Crippen LogP contribution in [0.2, 0.25) is 0 Å². The molecule has 5 aliphatic carbocycles. The Morgan fingerprint density at radius 2 is 1.26 bits per heavy atom. The van der Waals surface area contributed by atoms with Crippen LogP contribution < -0.4 is 0 Å². The van der Waals surface area contributed by atoms with Gasteiger partial charge in [-0.25, -0.2) is 0 Å². The molecule has 3 aromatic carbocycles. The van der Waals surface area contributed by atoms with Gasteiger partial charge in [0, 0.05) is 5.92 Å². The van der Waals surface area contributed by atoms with Gasteiger partial charge in [-0.2, -0.15) is 0 Å². The minimum absolute atomic E-state index is 0.328. The fourth-order valence-corrected chi connectivity index (χ4v) is 3.71. The zero-order valence-corrected chi connectivity index (χ0v) is 12.7. The van der Waals surface area contributed by atoms with Gasteiger partial charge in [-0.1, -0.05) is 84.9 Å². The SMILES string of the molecule is C1=C2c3ccc(cc3)/C=C\c3ccc(cc3)C2c2ccccc21. The number of rotatable bonds is 0. The molecule has 0 aliphatic heterocycles. The molecule has 4 bridgehead atoms. The van der Waals surface area contributed by atoms with Crippen LogP contribution in [0.25, 0.3) is 23.8 Å². The van der Waals surface area contributed by atoms with Gasteiger partial charge in [0.25, 0.3) is 0 Å². The maximum atomic E-state index is 2.35. The monoisotopic (exact) mass is 292 g/mol. The largest absolute Gasteiger partial charge is 0.0619 e. The lowest BCUT2D eigenvalue weighted by Gasteiger charge is -2.19. The summed E-state index contributed by atoms with van der Waals surface area (Å²) in [4.78, 5) is 0. The van der Waals surface area contributed by atoms with Crippen molar-refractivity contribution in [3.05, 3.63) is 106 Å². The molecule has 0 heteroatoms. The molecule has 0 saturated carbocycles. The molecule has 1 atom stereocenters. The van der Waals surface area contributed by atoms with E-state index in [1.807, 2.05) is 0 Å². The van der Waals surface area contributed by atoms with Gasteiger partial charge in [-0.15, -0.1) is 0 Å². The fraction of sp³-hybridized carbons (Fsp3) is 0.0435. The maximum absolute atomic E-state index is 2.35. The Labute approximate surface area is 136 Å². The summed E-state index contributed by atoms with van der Waals surface area (Å²) in [6.07, 6.45) is 6.71. The van der Waals surface area contributed by atoms with Crippen LogP contribution in [0.3, 0.4) is 0 Å². The number of hydrogen-bond acceptors (Lipinski definition) is 0. The predicted octanol–water partition coefficient (Wildman–Crippen LogP) is 5.86. The van der Waals surface area contributed by atoms with Crippen molar-refractivity contribution in [1.29, 1.82) is 0 Å². The van der Waals surface area contributed by atoms with Gasteiger partial charge in [0.15, 0.2) is 0 Å². The predicted molar refractivity (Wildman–Crippen MR) is 98.0 cm³/mol. The average molecular weight is 292 g/mol. The average Bonchev–Trinajstić information content (AvgIpc) is 2.99. The van der Waals surface area contributed by atoms with E-state index in [9.17, 15) is 0 Å². The van der Waals surface area contributed by atoms with E-state index in [1.54, 1.807) is 0 Å². The molecule has 0 radical (unpaired) electrons. The lowest BCUT2D eigenvalue weighted by Crippen LogP contribution is -2.01. The first-order valence-corrected chi connectivity index (χ1v) is 8.07. The van der Waals surface area contributed by atoms with Crippen molar-refractivity contribution in [2.45, 2.75) is 5.92 Å².